The molecule has 0 rings (SSSR count). The van der Waals surface area contributed by atoms with Gasteiger partial charge in [-0.3, -0.25) is 0 Å². The van der Waals surface area contributed by atoms with Gasteiger partial charge in [0.1, 0.15) is 0 Å². The molecule has 1 atom stereocenters. The molecule has 0 radical (unpaired) electrons. The third-order valence-electron chi connectivity index (χ3n) is 4.75. The third-order valence-corrected chi connectivity index (χ3v) is 4.75. The summed E-state index contributed by atoms with van der Waals surface area (Å²) in [5, 5.41) is 0. The van der Waals surface area contributed by atoms with Gasteiger partial charge in [0.2, 0.25) is 0 Å². The highest BCUT2D eigenvalue weighted by molar-refractivity contribution is 4.73. The standard InChI is InChI=1S/C21H42O4/c1-6-8-10-11-12-13-16-20(21(22-3,23-4)24-5)17-14-15-19-25-18-9-7-2/h9,18,20H,6-8,10-17,19H2,1-5H3. The van der Waals surface area contributed by atoms with E-state index in [9.17, 15) is 0 Å². The fourth-order valence-corrected chi connectivity index (χ4v) is 3.23. The van der Waals surface area contributed by atoms with Gasteiger partial charge >= 0.3 is 0 Å². The molecule has 150 valence electrons. The molecule has 0 aromatic carbocycles. The first-order valence-corrected chi connectivity index (χ1v) is 10.1. The lowest BCUT2D eigenvalue weighted by molar-refractivity contribution is -0.380. The van der Waals surface area contributed by atoms with E-state index in [-0.39, 0.29) is 5.92 Å². The lowest BCUT2D eigenvalue weighted by Crippen LogP contribution is -2.44. The molecule has 0 saturated heterocycles. The Morgan fingerprint density at radius 3 is 1.88 bits per heavy atom. The zero-order valence-electron chi connectivity index (χ0n) is 17.4. The van der Waals surface area contributed by atoms with Crippen molar-refractivity contribution in [2.24, 2.45) is 5.92 Å². The molecule has 4 heteroatoms. The molecular weight excluding hydrogens is 316 g/mol. The quantitative estimate of drug-likeness (QED) is 0.170. The number of hydrogen-bond donors (Lipinski definition) is 0. The lowest BCUT2D eigenvalue weighted by Gasteiger charge is -2.36. The maximum absolute atomic E-state index is 5.62. The minimum atomic E-state index is -0.924. The van der Waals surface area contributed by atoms with Gasteiger partial charge in [-0.15, -0.1) is 0 Å². The number of unbranched alkanes of at least 4 members (excludes halogenated alkanes) is 6. The fraction of sp³-hybridized carbons (Fsp3) is 0.905. The van der Waals surface area contributed by atoms with Crippen molar-refractivity contribution in [2.75, 3.05) is 27.9 Å². The highest BCUT2D eigenvalue weighted by Gasteiger charge is 2.39. The molecule has 0 spiro atoms. The van der Waals surface area contributed by atoms with Crippen molar-refractivity contribution in [1.82, 2.24) is 0 Å². The van der Waals surface area contributed by atoms with Gasteiger partial charge in [0, 0.05) is 27.2 Å². The molecule has 0 fully saturated rings. The predicted octanol–water partition coefficient (Wildman–Crippen LogP) is 6.06. The Balaban J connectivity index is 4.31. The van der Waals surface area contributed by atoms with Gasteiger partial charge in [-0.25, -0.2) is 0 Å². The van der Waals surface area contributed by atoms with Crippen LogP contribution < -0.4 is 0 Å². The molecule has 0 heterocycles. The smallest absolute Gasteiger partial charge is 0.285 e. The van der Waals surface area contributed by atoms with Gasteiger partial charge < -0.3 is 18.9 Å². The molecule has 1 unspecified atom stereocenters. The van der Waals surface area contributed by atoms with Gasteiger partial charge in [-0.2, -0.15) is 0 Å². The summed E-state index contributed by atoms with van der Waals surface area (Å²) in [5.74, 6) is -0.684. The average Bonchev–Trinajstić information content (AvgIpc) is 2.64. The number of allylic oxidation sites excluding steroid dienone is 1. The summed E-state index contributed by atoms with van der Waals surface area (Å²) in [6.07, 6.45) is 16.8. The third kappa shape index (κ3) is 10.9. The molecule has 0 aliphatic carbocycles. The number of methoxy groups -OCH3 is 3. The molecule has 0 aliphatic rings. The highest BCUT2D eigenvalue weighted by atomic mass is 16.9. The number of hydrogen-bond acceptors (Lipinski definition) is 4. The molecule has 4 nitrogen and oxygen atoms in total. The maximum atomic E-state index is 5.62. The van der Waals surface area contributed by atoms with E-state index in [0.29, 0.717) is 0 Å². The van der Waals surface area contributed by atoms with Crippen molar-refractivity contribution < 1.29 is 18.9 Å². The number of ether oxygens (including phenoxy) is 4. The van der Waals surface area contributed by atoms with Crippen LogP contribution in [-0.2, 0) is 18.9 Å². The molecule has 0 aromatic heterocycles. The van der Waals surface area contributed by atoms with Crippen molar-refractivity contribution in [3.05, 3.63) is 12.3 Å². The minimum absolute atomic E-state index is 0.241. The fourth-order valence-electron chi connectivity index (χ4n) is 3.23. The van der Waals surface area contributed by atoms with Gasteiger partial charge in [0.05, 0.1) is 12.9 Å². The van der Waals surface area contributed by atoms with Gasteiger partial charge in [0.25, 0.3) is 5.97 Å². The van der Waals surface area contributed by atoms with Crippen LogP contribution in [0.4, 0.5) is 0 Å². The van der Waals surface area contributed by atoms with E-state index >= 15 is 0 Å². The van der Waals surface area contributed by atoms with Crippen molar-refractivity contribution >= 4 is 0 Å². The Morgan fingerprint density at radius 2 is 1.32 bits per heavy atom. The Bertz CT molecular complexity index is 292. The molecule has 0 amide bonds. The molecular formula is C21H42O4. The first-order chi connectivity index (χ1) is 12.2. The van der Waals surface area contributed by atoms with Crippen LogP contribution >= 0.6 is 0 Å². The summed E-state index contributed by atoms with van der Waals surface area (Å²) in [5.41, 5.74) is 0. The largest absolute Gasteiger partial charge is 0.502 e. The number of rotatable bonds is 18. The van der Waals surface area contributed by atoms with Crippen LogP contribution in [0, 0.1) is 5.92 Å². The van der Waals surface area contributed by atoms with Gasteiger partial charge in [0.15, 0.2) is 0 Å². The van der Waals surface area contributed by atoms with E-state index in [1.165, 1.54) is 38.5 Å². The Hall–Kier alpha value is -0.580. The van der Waals surface area contributed by atoms with E-state index in [0.717, 1.165) is 38.7 Å². The second kappa shape index (κ2) is 16.9. The Kier molecular flexibility index (Phi) is 16.5. The zero-order valence-corrected chi connectivity index (χ0v) is 17.4. The molecule has 0 N–H and O–H groups in total. The van der Waals surface area contributed by atoms with Crippen LogP contribution in [0.1, 0.15) is 84.5 Å². The van der Waals surface area contributed by atoms with Crippen LogP contribution in [0.5, 0.6) is 0 Å². The summed E-state index contributed by atoms with van der Waals surface area (Å²) in [6, 6.07) is 0. The maximum Gasteiger partial charge on any atom is 0.285 e. The van der Waals surface area contributed by atoms with E-state index in [2.05, 4.69) is 13.8 Å². The van der Waals surface area contributed by atoms with Gasteiger partial charge in [-0.05, 0) is 32.1 Å². The van der Waals surface area contributed by atoms with Crippen molar-refractivity contribution in [3.63, 3.8) is 0 Å². The molecule has 0 aliphatic heterocycles. The topological polar surface area (TPSA) is 36.9 Å². The SMILES string of the molecule is CCC=COCCCCC(CCCCCCCC)C(OC)(OC)OC. The van der Waals surface area contributed by atoms with Crippen LogP contribution in [0.25, 0.3) is 0 Å². The highest BCUT2D eigenvalue weighted by Crippen LogP contribution is 2.32. The zero-order chi connectivity index (χ0) is 18.8. The van der Waals surface area contributed by atoms with Crippen molar-refractivity contribution in [1.29, 1.82) is 0 Å². The second-order valence-electron chi connectivity index (χ2n) is 6.62. The molecule has 0 saturated carbocycles. The summed E-state index contributed by atoms with van der Waals surface area (Å²) in [6.45, 7) is 5.12. The minimum Gasteiger partial charge on any atom is -0.502 e. The Labute approximate surface area is 156 Å². The summed E-state index contributed by atoms with van der Waals surface area (Å²) >= 11 is 0. The molecule has 0 aromatic rings. The summed E-state index contributed by atoms with van der Waals surface area (Å²) in [7, 11) is 5.00. The molecule has 0 bridgehead atoms. The van der Waals surface area contributed by atoms with Crippen LogP contribution in [-0.4, -0.2) is 33.9 Å². The first-order valence-electron chi connectivity index (χ1n) is 10.1. The van der Waals surface area contributed by atoms with Gasteiger partial charge in [-0.1, -0.05) is 58.4 Å². The predicted molar refractivity (Wildman–Crippen MR) is 104 cm³/mol. The average molecular weight is 359 g/mol. The van der Waals surface area contributed by atoms with E-state index < -0.39 is 5.97 Å². The monoisotopic (exact) mass is 358 g/mol. The van der Waals surface area contributed by atoms with Crippen molar-refractivity contribution in [2.45, 2.75) is 90.4 Å². The summed E-state index contributed by atoms with van der Waals surface area (Å²) < 4.78 is 22.3. The first kappa shape index (κ1) is 24.4. The van der Waals surface area contributed by atoms with Crippen molar-refractivity contribution in [3.8, 4) is 0 Å². The van der Waals surface area contributed by atoms with Crippen LogP contribution in [0.15, 0.2) is 12.3 Å². The Morgan fingerprint density at radius 1 is 0.760 bits per heavy atom. The normalized spacial score (nSPS) is 13.5. The molecule has 25 heavy (non-hydrogen) atoms. The van der Waals surface area contributed by atoms with E-state index in [1.54, 1.807) is 27.6 Å². The second-order valence-corrected chi connectivity index (χ2v) is 6.62. The lowest BCUT2D eigenvalue weighted by atomic mass is 9.92. The summed E-state index contributed by atoms with van der Waals surface area (Å²) in [4.78, 5) is 0. The van der Waals surface area contributed by atoms with Crippen LogP contribution in [0.3, 0.4) is 0 Å². The van der Waals surface area contributed by atoms with Crippen LogP contribution in [0.2, 0.25) is 0 Å². The van der Waals surface area contributed by atoms with E-state index in [1.807, 2.05) is 6.08 Å². The van der Waals surface area contributed by atoms with E-state index in [4.69, 9.17) is 18.9 Å².